The maximum Gasteiger partial charge on any atom is 0.192 e. The molecule has 2 fully saturated rings. The maximum absolute atomic E-state index is 17.3. The van der Waals surface area contributed by atoms with E-state index in [0.717, 1.165) is 11.1 Å². The number of aromatic nitrogens is 4. The van der Waals surface area contributed by atoms with Gasteiger partial charge in [0.15, 0.2) is 11.5 Å². The second-order valence-electron chi connectivity index (χ2n) is 9.08. The van der Waals surface area contributed by atoms with E-state index in [0.29, 0.717) is 32.6 Å². The Kier molecular flexibility index (Phi) is 6.44. The van der Waals surface area contributed by atoms with Gasteiger partial charge in [0, 0.05) is 20.1 Å². The van der Waals surface area contributed by atoms with Gasteiger partial charge in [-0.25, -0.2) is 9.07 Å². The largest absolute Gasteiger partial charge is 0.391 e. The zero-order valence-electron chi connectivity index (χ0n) is 19.3. The van der Waals surface area contributed by atoms with Gasteiger partial charge in [-0.3, -0.25) is 4.90 Å². The number of methoxy groups -OCH3 is 1. The molecule has 2 saturated heterocycles. The molecule has 0 saturated carbocycles. The molecule has 1 aromatic heterocycles. The molecule has 3 heterocycles. The summed E-state index contributed by atoms with van der Waals surface area (Å²) in [6.45, 7) is 1.32. The van der Waals surface area contributed by atoms with Crippen LogP contribution in [0.15, 0.2) is 60.7 Å². The number of aliphatic hydroxyl groups is 1. The molecule has 0 radical (unpaired) electrons. The number of tetrazole rings is 1. The lowest BCUT2D eigenvalue weighted by Crippen LogP contribution is -2.56. The summed E-state index contributed by atoms with van der Waals surface area (Å²) >= 11 is 0. The van der Waals surface area contributed by atoms with Gasteiger partial charge in [-0.2, -0.15) is 0 Å². The number of ether oxygens (including phenoxy) is 2. The molecule has 34 heavy (non-hydrogen) atoms. The minimum Gasteiger partial charge on any atom is -0.391 e. The zero-order valence-corrected chi connectivity index (χ0v) is 19.3. The van der Waals surface area contributed by atoms with Crippen LogP contribution in [0.4, 0.5) is 4.39 Å². The highest BCUT2D eigenvalue weighted by atomic mass is 19.1. The van der Waals surface area contributed by atoms with Crippen molar-refractivity contribution in [3.63, 3.8) is 0 Å². The number of piperidine rings is 1. The van der Waals surface area contributed by atoms with Gasteiger partial charge in [-0.05, 0) is 34.4 Å². The van der Waals surface area contributed by atoms with Crippen molar-refractivity contribution in [3.05, 3.63) is 77.6 Å². The van der Waals surface area contributed by atoms with Crippen molar-refractivity contribution in [2.75, 3.05) is 20.3 Å². The van der Waals surface area contributed by atoms with Crippen LogP contribution in [0.1, 0.15) is 36.2 Å². The van der Waals surface area contributed by atoms with Crippen LogP contribution in [0.25, 0.3) is 0 Å². The van der Waals surface area contributed by atoms with Crippen LogP contribution in [0, 0.1) is 0 Å². The predicted molar refractivity (Wildman–Crippen MR) is 122 cm³/mol. The van der Waals surface area contributed by atoms with Crippen LogP contribution >= 0.6 is 0 Å². The Morgan fingerprint density at radius 1 is 1.06 bits per heavy atom. The molecule has 2 bridgehead atoms. The first-order chi connectivity index (χ1) is 16.6. The topological polar surface area (TPSA) is 85.5 Å². The third-order valence-electron chi connectivity index (χ3n) is 7.23. The number of hydrogen-bond acceptors (Lipinski definition) is 7. The van der Waals surface area contributed by atoms with E-state index in [9.17, 15) is 5.11 Å². The van der Waals surface area contributed by atoms with Crippen molar-refractivity contribution in [2.24, 2.45) is 0 Å². The lowest BCUT2D eigenvalue weighted by Gasteiger charge is -2.48. The summed E-state index contributed by atoms with van der Waals surface area (Å²) in [6, 6.07) is 19.3. The molecule has 4 unspecified atom stereocenters. The van der Waals surface area contributed by atoms with Gasteiger partial charge in [0.2, 0.25) is 0 Å². The number of aliphatic hydroxyl groups excluding tert-OH is 1. The molecule has 4 atom stereocenters. The molecule has 3 aromatic rings. The summed E-state index contributed by atoms with van der Waals surface area (Å²) < 4.78 is 29.3. The number of alkyl halides is 1. The summed E-state index contributed by atoms with van der Waals surface area (Å²) in [4.78, 5) is 2.14. The lowest BCUT2D eigenvalue weighted by molar-refractivity contribution is -0.0710. The predicted octanol–water partition coefficient (Wildman–Crippen LogP) is 2.78. The standard InChI is InChI=1S/C25H30FN5O3/c1-33-14-15-34-18-31-23(27-28-29-31)24(26)17-25(20-10-6-3-7-11-20)22(32)13-12-21(24)30(25)16-19-8-4-2-5-9-19/h2-11,21-22,32H,12-18H2,1H3. The SMILES string of the molecule is COCCOCn1nnnc1C1(F)CC2(c3ccccc3)C(O)CCC1N2Cc1ccccc1. The molecular weight excluding hydrogens is 437 g/mol. The molecule has 2 aliphatic rings. The Hall–Kier alpha value is -2.72. The van der Waals surface area contributed by atoms with Crippen LogP contribution in [0.5, 0.6) is 0 Å². The number of halogens is 1. The van der Waals surface area contributed by atoms with Gasteiger partial charge in [-0.15, -0.1) is 5.10 Å². The van der Waals surface area contributed by atoms with Crippen LogP contribution in [-0.2, 0) is 34.0 Å². The van der Waals surface area contributed by atoms with E-state index in [1.54, 1.807) is 7.11 Å². The van der Waals surface area contributed by atoms with E-state index in [1.165, 1.54) is 4.68 Å². The number of fused-ring (bicyclic) bond motifs is 2. The van der Waals surface area contributed by atoms with Crippen molar-refractivity contribution in [2.45, 2.75) is 55.9 Å². The van der Waals surface area contributed by atoms with Gasteiger partial charge >= 0.3 is 0 Å². The van der Waals surface area contributed by atoms with Crippen LogP contribution in [0.2, 0.25) is 0 Å². The highest BCUT2D eigenvalue weighted by Crippen LogP contribution is 2.60. The van der Waals surface area contributed by atoms with E-state index >= 15 is 4.39 Å². The fourth-order valence-electron chi connectivity index (χ4n) is 5.71. The van der Waals surface area contributed by atoms with Crippen LogP contribution in [0.3, 0.4) is 0 Å². The Morgan fingerprint density at radius 2 is 1.79 bits per heavy atom. The second-order valence-corrected chi connectivity index (χ2v) is 9.08. The smallest absolute Gasteiger partial charge is 0.192 e. The first-order valence-electron chi connectivity index (χ1n) is 11.7. The number of rotatable bonds is 9. The van der Waals surface area contributed by atoms with Gasteiger partial charge in [0.1, 0.15) is 6.73 Å². The van der Waals surface area contributed by atoms with Crippen molar-refractivity contribution in [1.82, 2.24) is 25.1 Å². The number of hydrogen-bond donors (Lipinski definition) is 1. The minimum absolute atomic E-state index is 0.0314. The third-order valence-corrected chi connectivity index (χ3v) is 7.23. The van der Waals surface area contributed by atoms with Gasteiger partial charge < -0.3 is 14.6 Å². The fraction of sp³-hybridized carbons (Fsp3) is 0.480. The quantitative estimate of drug-likeness (QED) is 0.485. The maximum atomic E-state index is 17.3. The molecule has 9 heteroatoms. The molecule has 180 valence electrons. The minimum atomic E-state index is -1.86. The van der Waals surface area contributed by atoms with Crippen molar-refractivity contribution < 1.29 is 19.0 Å². The first-order valence-corrected chi connectivity index (χ1v) is 11.7. The van der Waals surface area contributed by atoms with Crippen molar-refractivity contribution in [1.29, 1.82) is 0 Å². The number of nitrogens with zero attached hydrogens (tertiary/aromatic N) is 5. The Labute approximate surface area is 198 Å². The van der Waals surface area contributed by atoms with Gasteiger partial charge in [-0.1, -0.05) is 60.7 Å². The Bertz CT molecular complexity index is 1080. The summed E-state index contributed by atoms with van der Waals surface area (Å²) in [5.41, 5.74) is -0.801. The normalized spacial score (nSPS) is 28.9. The Morgan fingerprint density at radius 3 is 2.53 bits per heavy atom. The summed E-state index contributed by atoms with van der Waals surface area (Å²) in [6.07, 6.45) is 0.329. The summed E-state index contributed by atoms with van der Waals surface area (Å²) in [5.74, 6) is 0.139. The second kappa shape index (κ2) is 9.50. The molecule has 1 N–H and O–H groups in total. The molecule has 0 aliphatic carbocycles. The fourth-order valence-corrected chi connectivity index (χ4v) is 5.71. The molecular formula is C25H30FN5O3. The molecule has 8 nitrogen and oxygen atoms in total. The monoisotopic (exact) mass is 467 g/mol. The van der Waals surface area contributed by atoms with E-state index < -0.39 is 23.4 Å². The van der Waals surface area contributed by atoms with Crippen molar-refractivity contribution >= 4 is 0 Å². The van der Waals surface area contributed by atoms with E-state index in [4.69, 9.17) is 9.47 Å². The molecule has 0 spiro atoms. The Balaban J connectivity index is 1.57. The lowest BCUT2D eigenvalue weighted by atomic mass is 9.78. The molecule has 2 aliphatic heterocycles. The third kappa shape index (κ3) is 3.82. The number of benzene rings is 2. The molecule has 2 aromatic carbocycles. The molecule has 0 amide bonds. The van der Waals surface area contributed by atoms with E-state index in [-0.39, 0.29) is 19.0 Å². The zero-order chi connectivity index (χ0) is 23.6. The average molecular weight is 468 g/mol. The average Bonchev–Trinajstić information content (AvgIpc) is 3.40. The van der Waals surface area contributed by atoms with E-state index in [1.807, 2.05) is 60.7 Å². The van der Waals surface area contributed by atoms with Crippen LogP contribution in [-0.4, -0.2) is 62.7 Å². The molecule has 5 rings (SSSR count). The van der Waals surface area contributed by atoms with Gasteiger partial charge in [0.25, 0.3) is 0 Å². The van der Waals surface area contributed by atoms with Crippen LogP contribution < -0.4 is 0 Å². The van der Waals surface area contributed by atoms with Gasteiger partial charge in [0.05, 0.1) is 30.9 Å². The summed E-state index contributed by atoms with van der Waals surface area (Å²) in [7, 11) is 1.59. The van der Waals surface area contributed by atoms with Crippen molar-refractivity contribution in [3.8, 4) is 0 Å². The van der Waals surface area contributed by atoms with E-state index in [2.05, 4.69) is 20.4 Å². The highest BCUT2D eigenvalue weighted by Gasteiger charge is 2.68. The first kappa shape index (κ1) is 23.0. The summed E-state index contributed by atoms with van der Waals surface area (Å²) in [5, 5.41) is 23.4. The highest BCUT2D eigenvalue weighted by molar-refractivity contribution is 5.35.